The highest BCUT2D eigenvalue weighted by atomic mass is 16.5. The van der Waals surface area contributed by atoms with Gasteiger partial charge in [-0.2, -0.15) is 0 Å². The van der Waals surface area contributed by atoms with Crippen molar-refractivity contribution in [2.45, 2.75) is 39.2 Å². The minimum atomic E-state index is -0.121. The van der Waals surface area contributed by atoms with Crippen LogP contribution in [0.25, 0.3) is 0 Å². The maximum Gasteiger partial charge on any atom is 0.219 e. The molecule has 0 spiro atoms. The number of carbonyl (C=O) groups excluding carboxylic acids is 1. The Hall–Kier alpha value is -0.570. The predicted octanol–water partition coefficient (Wildman–Crippen LogP) is 1.67. The molecule has 0 aliphatic carbocycles. The molecule has 1 rings (SSSR count). The molecule has 0 aromatic carbocycles. The average Bonchev–Trinajstić information content (AvgIpc) is 2.17. The molecule has 0 bridgehead atoms. The number of hydrogen-bond acceptors (Lipinski definition) is 2. The van der Waals surface area contributed by atoms with E-state index in [4.69, 9.17) is 4.74 Å². The second-order valence-corrected chi connectivity index (χ2v) is 4.47. The Morgan fingerprint density at radius 2 is 2.14 bits per heavy atom. The van der Waals surface area contributed by atoms with Crippen LogP contribution in [0.2, 0.25) is 0 Å². The number of methoxy groups -OCH3 is 1. The van der Waals surface area contributed by atoms with Crippen LogP contribution in [0.1, 0.15) is 33.6 Å². The van der Waals surface area contributed by atoms with Crippen LogP contribution in [0, 0.1) is 5.92 Å². The van der Waals surface area contributed by atoms with Gasteiger partial charge in [-0.1, -0.05) is 13.8 Å². The predicted molar refractivity (Wildman–Crippen MR) is 56.1 cm³/mol. The number of likely N-dealkylation sites (tertiary alicyclic amines) is 1. The van der Waals surface area contributed by atoms with Crippen LogP contribution in [0.15, 0.2) is 0 Å². The number of nitrogens with zero attached hydrogens (tertiary/aromatic N) is 1. The van der Waals surface area contributed by atoms with Crippen molar-refractivity contribution in [1.82, 2.24) is 4.90 Å². The molecule has 3 heteroatoms. The van der Waals surface area contributed by atoms with Gasteiger partial charge in [-0.25, -0.2) is 0 Å². The summed E-state index contributed by atoms with van der Waals surface area (Å²) in [6.07, 6.45) is 2.11. The highest BCUT2D eigenvalue weighted by Gasteiger charge is 2.38. The lowest BCUT2D eigenvalue weighted by Gasteiger charge is -2.44. The van der Waals surface area contributed by atoms with E-state index in [1.54, 1.807) is 14.0 Å². The molecule has 1 aliphatic heterocycles. The van der Waals surface area contributed by atoms with Gasteiger partial charge in [0.15, 0.2) is 0 Å². The third kappa shape index (κ3) is 2.08. The van der Waals surface area contributed by atoms with E-state index in [0.29, 0.717) is 5.92 Å². The fraction of sp³-hybridized carbons (Fsp3) is 0.909. The van der Waals surface area contributed by atoms with Crippen LogP contribution in [0.3, 0.4) is 0 Å². The van der Waals surface area contributed by atoms with Crippen molar-refractivity contribution in [3.8, 4) is 0 Å². The normalized spacial score (nSPS) is 28.2. The summed E-state index contributed by atoms with van der Waals surface area (Å²) in [6, 6.07) is 0. The molecule has 14 heavy (non-hydrogen) atoms. The zero-order chi connectivity index (χ0) is 10.8. The van der Waals surface area contributed by atoms with Crippen LogP contribution < -0.4 is 0 Å². The summed E-state index contributed by atoms with van der Waals surface area (Å²) in [5.74, 6) is 0.612. The largest absolute Gasteiger partial charge is 0.376 e. The van der Waals surface area contributed by atoms with Crippen molar-refractivity contribution >= 4 is 5.91 Å². The highest BCUT2D eigenvalue weighted by molar-refractivity contribution is 5.73. The lowest BCUT2D eigenvalue weighted by molar-refractivity contribution is -0.142. The molecule has 0 aromatic rings. The maximum absolute atomic E-state index is 11.3. The zero-order valence-corrected chi connectivity index (χ0v) is 9.67. The van der Waals surface area contributed by atoms with E-state index in [9.17, 15) is 4.79 Å². The topological polar surface area (TPSA) is 29.5 Å². The Morgan fingerprint density at radius 3 is 2.57 bits per heavy atom. The van der Waals surface area contributed by atoms with E-state index >= 15 is 0 Å². The third-order valence-corrected chi connectivity index (χ3v) is 3.39. The first-order chi connectivity index (χ1) is 6.52. The van der Waals surface area contributed by atoms with Crippen LogP contribution in [0.4, 0.5) is 0 Å². The lowest BCUT2D eigenvalue weighted by Crippen LogP contribution is -2.53. The number of carbonyl (C=O) groups is 1. The van der Waals surface area contributed by atoms with Gasteiger partial charge in [0.1, 0.15) is 0 Å². The van der Waals surface area contributed by atoms with E-state index in [1.165, 1.54) is 0 Å². The summed E-state index contributed by atoms with van der Waals surface area (Å²) in [6.45, 7) is 7.58. The first-order valence-corrected chi connectivity index (χ1v) is 5.32. The SMILES string of the molecule is COC1(C(C)C)CCCN(C(C)=O)C1. The molecular weight excluding hydrogens is 178 g/mol. The minimum Gasteiger partial charge on any atom is -0.376 e. The molecule has 1 atom stereocenters. The van der Waals surface area contributed by atoms with Crippen molar-refractivity contribution in [3.05, 3.63) is 0 Å². The average molecular weight is 199 g/mol. The molecule has 0 radical (unpaired) electrons. The van der Waals surface area contributed by atoms with Crippen LogP contribution in [0.5, 0.6) is 0 Å². The fourth-order valence-electron chi connectivity index (χ4n) is 2.19. The number of piperidine rings is 1. The summed E-state index contributed by atoms with van der Waals surface area (Å²) < 4.78 is 5.63. The van der Waals surface area contributed by atoms with E-state index in [1.807, 2.05) is 4.90 Å². The Labute approximate surface area is 86.4 Å². The lowest BCUT2D eigenvalue weighted by atomic mass is 9.82. The Balaban J connectivity index is 2.74. The van der Waals surface area contributed by atoms with Gasteiger partial charge in [0.05, 0.1) is 5.60 Å². The van der Waals surface area contributed by atoms with Crippen LogP contribution >= 0.6 is 0 Å². The smallest absolute Gasteiger partial charge is 0.219 e. The first-order valence-electron chi connectivity index (χ1n) is 5.32. The second-order valence-electron chi connectivity index (χ2n) is 4.47. The summed E-state index contributed by atoms with van der Waals surface area (Å²) in [5.41, 5.74) is -0.121. The summed E-state index contributed by atoms with van der Waals surface area (Å²) >= 11 is 0. The Morgan fingerprint density at radius 1 is 1.50 bits per heavy atom. The molecule has 1 amide bonds. The monoisotopic (exact) mass is 199 g/mol. The van der Waals surface area contributed by atoms with Gasteiger partial charge < -0.3 is 9.64 Å². The van der Waals surface area contributed by atoms with Gasteiger partial charge in [0, 0.05) is 27.1 Å². The highest BCUT2D eigenvalue weighted by Crippen LogP contribution is 2.31. The second kappa shape index (κ2) is 4.30. The maximum atomic E-state index is 11.3. The summed E-state index contributed by atoms with van der Waals surface area (Å²) in [7, 11) is 1.75. The third-order valence-electron chi connectivity index (χ3n) is 3.39. The van der Waals surface area contributed by atoms with Gasteiger partial charge in [0.25, 0.3) is 0 Å². The van der Waals surface area contributed by atoms with Gasteiger partial charge in [-0.15, -0.1) is 0 Å². The number of amides is 1. The molecule has 3 nitrogen and oxygen atoms in total. The van der Waals surface area contributed by atoms with Crippen molar-refractivity contribution in [3.63, 3.8) is 0 Å². The molecule has 82 valence electrons. The molecule has 0 N–H and O–H groups in total. The Bertz CT molecular complexity index is 215. The van der Waals surface area contributed by atoms with Crippen LogP contribution in [-0.4, -0.2) is 36.6 Å². The van der Waals surface area contributed by atoms with E-state index < -0.39 is 0 Å². The quantitative estimate of drug-likeness (QED) is 0.677. The zero-order valence-electron chi connectivity index (χ0n) is 9.67. The minimum absolute atomic E-state index is 0.121. The standard InChI is InChI=1S/C11H21NO2/c1-9(2)11(14-4)6-5-7-12(8-11)10(3)13/h9H,5-8H2,1-4H3. The van der Waals surface area contributed by atoms with E-state index in [0.717, 1.165) is 25.9 Å². The molecule has 1 unspecified atom stereocenters. The van der Waals surface area contributed by atoms with Crippen molar-refractivity contribution in [2.75, 3.05) is 20.2 Å². The molecule has 1 saturated heterocycles. The Kier molecular flexibility index (Phi) is 3.53. The first kappa shape index (κ1) is 11.5. The van der Waals surface area contributed by atoms with Crippen LogP contribution in [-0.2, 0) is 9.53 Å². The van der Waals surface area contributed by atoms with Gasteiger partial charge in [-0.05, 0) is 18.8 Å². The summed E-state index contributed by atoms with van der Waals surface area (Å²) in [4.78, 5) is 13.2. The summed E-state index contributed by atoms with van der Waals surface area (Å²) in [5, 5.41) is 0. The van der Waals surface area contributed by atoms with Crippen molar-refractivity contribution in [1.29, 1.82) is 0 Å². The molecule has 0 saturated carbocycles. The van der Waals surface area contributed by atoms with Gasteiger partial charge >= 0.3 is 0 Å². The van der Waals surface area contributed by atoms with E-state index in [2.05, 4.69) is 13.8 Å². The van der Waals surface area contributed by atoms with Gasteiger partial charge in [-0.3, -0.25) is 4.79 Å². The van der Waals surface area contributed by atoms with Crippen molar-refractivity contribution in [2.24, 2.45) is 5.92 Å². The molecule has 1 aliphatic rings. The fourth-order valence-corrected chi connectivity index (χ4v) is 2.19. The molecular formula is C11H21NO2. The number of ether oxygens (including phenoxy) is 1. The van der Waals surface area contributed by atoms with Gasteiger partial charge in [0.2, 0.25) is 5.91 Å². The number of hydrogen-bond donors (Lipinski definition) is 0. The van der Waals surface area contributed by atoms with Crippen molar-refractivity contribution < 1.29 is 9.53 Å². The molecule has 0 aromatic heterocycles. The number of rotatable bonds is 2. The molecule has 1 fully saturated rings. The molecule has 1 heterocycles. The van der Waals surface area contributed by atoms with E-state index in [-0.39, 0.29) is 11.5 Å².